The average Bonchev–Trinajstić information content (AvgIpc) is 3.21. The Kier molecular flexibility index (Phi) is 6.67. The molecule has 3 heterocycles. The van der Waals surface area contributed by atoms with Crippen molar-refractivity contribution in [3.8, 4) is 0 Å². The van der Waals surface area contributed by atoms with Gasteiger partial charge in [-0.1, -0.05) is 27.7 Å². The van der Waals surface area contributed by atoms with Gasteiger partial charge in [0.25, 0.3) is 0 Å². The lowest BCUT2D eigenvalue weighted by Gasteiger charge is -2.22. The molecule has 0 radical (unpaired) electrons. The fraction of sp³-hybridized carbons (Fsp3) is 0.636. The van der Waals surface area contributed by atoms with Gasteiger partial charge in [-0.3, -0.25) is 9.59 Å². The number of hydrogen-bond donors (Lipinski definition) is 1. The number of anilines is 1. The third kappa shape index (κ3) is 5.02. The first-order valence-electron chi connectivity index (χ1n) is 10.5. The quantitative estimate of drug-likeness (QED) is 0.446. The van der Waals surface area contributed by atoms with Crippen LogP contribution in [0, 0.1) is 14.4 Å². The lowest BCUT2D eigenvalue weighted by atomic mass is 9.96. The monoisotopic (exact) mass is 542 g/mol. The van der Waals surface area contributed by atoms with Crippen LogP contribution >= 0.6 is 22.6 Å². The normalized spacial score (nSPS) is 22.0. The number of hydrogen-bond acceptors (Lipinski definition) is 6. The maximum atomic E-state index is 12.5. The molecule has 3 atom stereocenters. The van der Waals surface area contributed by atoms with Crippen LogP contribution in [-0.4, -0.2) is 38.6 Å². The van der Waals surface area contributed by atoms with Crippen LogP contribution in [0.3, 0.4) is 0 Å². The average molecular weight is 542 g/mol. The zero-order valence-corrected chi connectivity index (χ0v) is 21.3. The van der Waals surface area contributed by atoms with E-state index in [-0.39, 0.29) is 30.3 Å². The van der Waals surface area contributed by atoms with Crippen LogP contribution in [0.5, 0.6) is 0 Å². The molecule has 1 saturated heterocycles. The molecule has 2 aromatic rings. The highest BCUT2D eigenvalue weighted by molar-refractivity contribution is 14.1. The molecule has 0 saturated carbocycles. The Morgan fingerprint density at radius 3 is 2.48 bits per heavy atom. The van der Waals surface area contributed by atoms with Gasteiger partial charge in [-0.2, -0.15) is 0 Å². The predicted octanol–water partition coefficient (Wildman–Crippen LogP) is 4.68. The highest BCUT2D eigenvalue weighted by atomic mass is 127. The van der Waals surface area contributed by atoms with E-state index in [9.17, 15) is 9.59 Å². The second-order valence-electron chi connectivity index (χ2n) is 9.98. The van der Waals surface area contributed by atoms with E-state index in [0.717, 1.165) is 15.4 Å². The highest BCUT2D eigenvalue weighted by Gasteiger charge is 2.40. The number of esters is 1. The van der Waals surface area contributed by atoms with Gasteiger partial charge in [0.05, 0.1) is 16.9 Å². The van der Waals surface area contributed by atoms with Crippen LogP contribution in [-0.2, 0) is 19.1 Å². The minimum atomic E-state index is -0.570. The third-order valence-electron chi connectivity index (χ3n) is 5.24. The number of carbonyl (C=O) groups is 2. The van der Waals surface area contributed by atoms with Gasteiger partial charge < -0.3 is 19.4 Å². The van der Waals surface area contributed by atoms with Crippen molar-refractivity contribution in [2.75, 3.05) is 5.32 Å². The maximum absolute atomic E-state index is 12.5. The van der Waals surface area contributed by atoms with Crippen LogP contribution < -0.4 is 5.32 Å². The fourth-order valence-corrected chi connectivity index (χ4v) is 4.12. The summed E-state index contributed by atoms with van der Waals surface area (Å²) in [7, 11) is 0. The van der Waals surface area contributed by atoms with Crippen molar-refractivity contribution in [3.05, 3.63) is 16.1 Å². The molecule has 2 aromatic heterocycles. The number of nitrogens with zero attached hydrogens (tertiary/aromatic N) is 3. The van der Waals surface area contributed by atoms with Crippen LogP contribution in [0.15, 0.2) is 12.5 Å². The minimum absolute atomic E-state index is 0.117. The Hall–Kier alpha value is -1.75. The van der Waals surface area contributed by atoms with Crippen molar-refractivity contribution in [3.63, 3.8) is 0 Å². The number of ether oxygens (including phenoxy) is 2. The topological polar surface area (TPSA) is 95.3 Å². The summed E-state index contributed by atoms with van der Waals surface area (Å²) in [6.07, 6.45) is 3.82. The Morgan fingerprint density at radius 1 is 1.23 bits per heavy atom. The largest absolute Gasteiger partial charge is 0.459 e. The van der Waals surface area contributed by atoms with Gasteiger partial charge in [0.2, 0.25) is 5.91 Å². The van der Waals surface area contributed by atoms with Crippen LogP contribution in [0.4, 0.5) is 5.82 Å². The van der Waals surface area contributed by atoms with E-state index in [1.807, 2.05) is 59.2 Å². The van der Waals surface area contributed by atoms with Crippen LogP contribution in [0.2, 0.25) is 0 Å². The molecule has 0 unspecified atom stereocenters. The summed E-state index contributed by atoms with van der Waals surface area (Å²) in [6.45, 7) is 13.1. The van der Waals surface area contributed by atoms with Gasteiger partial charge in [-0.15, -0.1) is 0 Å². The second kappa shape index (κ2) is 8.65. The molecule has 8 nitrogen and oxygen atoms in total. The van der Waals surface area contributed by atoms with E-state index in [4.69, 9.17) is 9.47 Å². The van der Waals surface area contributed by atoms with Gasteiger partial charge in [-0.05, 0) is 49.8 Å². The lowest BCUT2D eigenvalue weighted by molar-refractivity contribution is -0.161. The standard InChI is InChI=1S/C22H31IN4O4/c1-8-13-14(31-20(29)22(5,6)7)9-15(30-13)27-10-12(23)16-17(24-11-25-18(16)27)26-19(28)21(2,3)4/h10-11,13-15H,8-9H2,1-7H3,(H,24,25,26,28)/t13-,14+,15-/m1/s1. The van der Waals surface area contributed by atoms with Gasteiger partial charge in [-0.25, -0.2) is 9.97 Å². The van der Waals surface area contributed by atoms with E-state index < -0.39 is 10.8 Å². The highest BCUT2D eigenvalue weighted by Crippen LogP contribution is 2.38. The van der Waals surface area contributed by atoms with Gasteiger partial charge in [0, 0.05) is 21.6 Å². The first-order valence-corrected chi connectivity index (χ1v) is 11.6. The van der Waals surface area contributed by atoms with E-state index in [0.29, 0.717) is 17.9 Å². The number of carbonyl (C=O) groups excluding carboxylic acids is 2. The SMILES string of the molecule is CC[C@H]1O[C@@H](n2cc(I)c3c(NC(=O)C(C)(C)C)ncnc32)C[C@@H]1OC(=O)C(C)(C)C. The summed E-state index contributed by atoms with van der Waals surface area (Å²) in [4.78, 5) is 33.7. The maximum Gasteiger partial charge on any atom is 0.311 e. The van der Waals surface area contributed by atoms with E-state index in [1.54, 1.807) is 0 Å². The first kappa shape index (κ1) is 23.9. The summed E-state index contributed by atoms with van der Waals surface area (Å²) >= 11 is 2.22. The molecular weight excluding hydrogens is 511 g/mol. The van der Waals surface area contributed by atoms with Crippen molar-refractivity contribution >= 4 is 51.3 Å². The van der Waals surface area contributed by atoms with Crippen molar-refractivity contribution in [1.29, 1.82) is 0 Å². The summed E-state index contributed by atoms with van der Waals surface area (Å²) < 4.78 is 14.9. The van der Waals surface area contributed by atoms with E-state index >= 15 is 0 Å². The Morgan fingerprint density at radius 2 is 1.90 bits per heavy atom. The third-order valence-corrected chi connectivity index (χ3v) is 6.06. The summed E-state index contributed by atoms with van der Waals surface area (Å²) in [5.41, 5.74) is -0.441. The Bertz CT molecular complexity index is 990. The molecule has 0 bridgehead atoms. The molecule has 1 fully saturated rings. The first-order chi connectivity index (χ1) is 14.3. The molecule has 170 valence electrons. The van der Waals surface area contributed by atoms with Crippen molar-refractivity contribution in [2.24, 2.45) is 10.8 Å². The fourth-order valence-electron chi connectivity index (χ4n) is 3.32. The van der Waals surface area contributed by atoms with Crippen LogP contribution in [0.1, 0.15) is 67.5 Å². The number of halogens is 1. The summed E-state index contributed by atoms with van der Waals surface area (Å²) in [5.74, 6) is 0.129. The summed E-state index contributed by atoms with van der Waals surface area (Å²) in [6, 6.07) is 0. The Labute approximate surface area is 196 Å². The van der Waals surface area contributed by atoms with Gasteiger partial charge in [0.1, 0.15) is 30.1 Å². The van der Waals surface area contributed by atoms with Crippen molar-refractivity contribution in [1.82, 2.24) is 14.5 Å². The number of aromatic nitrogens is 3. The van der Waals surface area contributed by atoms with Crippen molar-refractivity contribution < 1.29 is 19.1 Å². The zero-order chi connectivity index (χ0) is 23.1. The predicted molar refractivity (Wildman–Crippen MR) is 126 cm³/mol. The number of fused-ring (bicyclic) bond motifs is 1. The molecule has 1 N–H and O–H groups in total. The van der Waals surface area contributed by atoms with Gasteiger partial charge >= 0.3 is 5.97 Å². The molecule has 1 amide bonds. The molecular formula is C22H31IN4O4. The van der Waals surface area contributed by atoms with Crippen molar-refractivity contribution in [2.45, 2.75) is 79.7 Å². The van der Waals surface area contributed by atoms with Gasteiger partial charge in [0.15, 0.2) is 0 Å². The van der Waals surface area contributed by atoms with Crippen LogP contribution in [0.25, 0.3) is 11.0 Å². The van der Waals surface area contributed by atoms with E-state index in [1.165, 1.54) is 6.33 Å². The molecule has 9 heteroatoms. The molecule has 31 heavy (non-hydrogen) atoms. The molecule has 1 aliphatic rings. The zero-order valence-electron chi connectivity index (χ0n) is 19.2. The smallest absolute Gasteiger partial charge is 0.311 e. The Balaban J connectivity index is 1.91. The molecule has 0 aromatic carbocycles. The molecule has 1 aliphatic heterocycles. The summed E-state index contributed by atoms with van der Waals surface area (Å²) in [5, 5.41) is 3.69. The minimum Gasteiger partial charge on any atom is -0.459 e. The molecule has 3 rings (SSSR count). The molecule has 0 aliphatic carbocycles. The second-order valence-corrected chi connectivity index (χ2v) is 11.1. The molecule has 0 spiro atoms. The lowest BCUT2D eigenvalue weighted by Crippen LogP contribution is -2.32. The number of nitrogens with one attached hydrogen (secondary N) is 1. The van der Waals surface area contributed by atoms with E-state index in [2.05, 4.69) is 37.9 Å². The number of amides is 1. The number of rotatable bonds is 4.